The molecule has 0 unspecified atom stereocenters. The molecule has 1 aromatic carbocycles. The number of allylic oxidation sites excluding steroid dienone is 2. The predicted molar refractivity (Wildman–Crippen MR) is 79.8 cm³/mol. The van der Waals surface area contributed by atoms with Crippen molar-refractivity contribution in [2.24, 2.45) is 0 Å². The molecule has 2 rings (SSSR count). The van der Waals surface area contributed by atoms with Gasteiger partial charge in [0.05, 0.1) is 4.91 Å². The zero-order chi connectivity index (χ0) is 12.3. The first-order valence-corrected chi connectivity index (χ1v) is 6.84. The Balaban J connectivity index is 2.19. The molecular weight excluding hydrogens is 318 g/mol. The third-order valence-electron chi connectivity index (χ3n) is 2.02. The quantitative estimate of drug-likeness (QED) is 0.667. The highest BCUT2D eigenvalue weighted by Gasteiger charge is 2.21. The molecule has 1 heterocycles. The van der Waals surface area contributed by atoms with E-state index in [1.165, 1.54) is 11.8 Å². The van der Waals surface area contributed by atoms with Gasteiger partial charge in [-0.05, 0) is 17.7 Å². The number of nitrogens with one attached hydrogen (secondary N) is 1. The zero-order valence-electron chi connectivity index (χ0n) is 8.64. The fourth-order valence-electron chi connectivity index (χ4n) is 1.30. The van der Waals surface area contributed by atoms with Crippen molar-refractivity contribution in [3.63, 3.8) is 0 Å². The second kappa shape index (κ2) is 5.62. The van der Waals surface area contributed by atoms with E-state index in [2.05, 4.69) is 21.2 Å². The molecule has 5 heteroatoms. The van der Waals surface area contributed by atoms with Crippen LogP contribution in [0.25, 0.3) is 6.08 Å². The number of carbonyl (C=O) groups excluding carboxylic acids is 1. The Morgan fingerprint density at radius 2 is 2.06 bits per heavy atom. The van der Waals surface area contributed by atoms with Crippen LogP contribution in [0.1, 0.15) is 5.56 Å². The summed E-state index contributed by atoms with van der Waals surface area (Å²) in [7, 11) is 0. The number of halogens is 1. The summed E-state index contributed by atoms with van der Waals surface area (Å²) >= 11 is 9.60. The summed E-state index contributed by atoms with van der Waals surface area (Å²) in [6, 6.07) is 9.87. The van der Waals surface area contributed by atoms with Crippen LogP contribution >= 0.6 is 39.9 Å². The van der Waals surface area contributed by atoms with E-state index in [-0.39, 0.29) is 5.91 Å². The van der Waals surface area contributed by atoms with E-state index < -0.39 is 0 Å². The van der Waals surface area contributed by atoms with Crippen molar-refractivity contribution in [1.82, 2.24) is 5.32 Å². The van der Waals surface area contributed by atoms with Crippen molar-refractivity contribution in [2.75, 3.05) is 0 Å². The summed E-state index contributed by atoms with van der Waals surface area (Å²) in [6.45, 7) is 0. The molecule has 1 saturated heterocycles. The lowest BCUT2D eigenvalue weighted by Crippen LogP contribution is -2.17. The van der Waals surface area contributed by atoms with Crippen LogP contribution in [-0.2, 0) is 4.79 Å². The normalized spacial score (nSPS) is 18.6. The van der Waals surface area contributed by atoms with E-state index in [1.807, 2.05) is 36.4 Å². The van der Waals surface area contributed by atoms with Crippen LogP contribution in [0.4, 0.5) is 0 Å². The summed E-state index contributed by atoms with van der Waals surface area (Å²) in [5.74, 6) is -0.140. The molecule has 0 aromatic heterocycles. The second-order valence-electron chi connectivity index (χ2n) is 3.29. The Hall–Kier alpha value is -0.910. The highest BCUT2D eigenvalue weighted by atomic mass is 79.9. The first kappa shape index (κ1) is 12.5. The molecule has 0 saturated carbocycles. The Bertz CT molecular complexity index is 523. The summed E-state index contributed by atoms with van der Waals surface area (Å²) in [5.41, 5.74) is 1.07. The van der Waals surface area contributed by atoms with Gasteiger partial charge in [0, 0.05) is 4.48 Å². The molecule has 1 aliphatic rings. The van der Waals surface area contributed by atoms with Crippen LogP contribution in [0.3, 0.4) is 0 Å². The van der Waals surface area contributed by atoms with Crippen LogP contribution in [0, 0.1) is 0 Å². The number of amides is 1. The van der Waals surface area contributed by atoms with Crippen molar-refractivity contribution in [2.45, 2.75) is 0 Å². The number of hydrogen-bond acceptors (Lipinski definition) is 3. The molecule has 0 bridgehead atoms. The lowest BCUT2D eigenvalue weighted by molar-refractivity contribution is -0.115. The average molecular weight is 326 g/mol. The molecule has 17 heavy (non-hydrogen) atoms. The van der Waals surface area contributed by atoms with Crippen molar-refractivity contribution in [1.29, 1.82) is 0 Å². The van der Waals surface area contributed by atoms with Crippen molar-refractivity contribution >= 4 is 56.2 Å². The van der Waals surface area contributed by atoms with Gasteiger partial charge in [0.1, 0.15) is 4.32 Å². The molecule has 1 N–H and O–H groups in total. The largest absolute Gasteiger partial charge is 0.307 e. The summed E-state index contributed by atoms with van der Waals surface area (Å²) in [4.78, 5) is 12.0. The van der Waals surface area contributed by atoms with E-state index in [4.69, 9.17) is 12.2 Å². The van der Waals surface area contributed by atoms with Gasteiger partial charge in [0.25, 0.3) is 5.91 Å². The third kappa shape index (κ3) is 3.52. The van der Waals surface area contributed by atoms with Gasteiger partial charge in [-0.3, -0.25) is 4.79 Å². The molecule has 1 aliphatic heterocycles. The topological polar surface area (TPSA) is 29.1 Å². The second-order valence-corrected chi connectivity index (χ2v) is 5.93. The molecule has 0 radical (unpaired) electrons. The van der Waals surface area contributed by atoms with E-state index >= 15 is 0 Å². The standard InChI is InChI=1S/C12H8BrNOS2/c13-9(6-8-4-2-1-3-5-8)7-10-11(15)14-12(16)17-10/h1-7H,(H,14,15,16)/b9-6-,10-7+. The van der Waals surface area contributed by atoms with Gasteiger partial charge >= 0.3 is 0 Å². The van der Waals surface area contributed by atoms with Gasteiger partial charge in [-0.2, -0.15) is 0 Å². The molecule has 1 amide bonds. The monoisotopic (exact) mass is 325 g/mol. The first-order valence-electron chi connectivity index (χ1n) is 4.82. The Kier molecular flexibility index (Phi) is 4.15. The fraction of sp³-hybridized carbons (Fsp3) is 0. The van der Waals surface area contributed by atoms with Crippen LogP contribution in [-0.4, -0.2) is 10.2 Å². The zero-order valence-corrected chi connectivity index (χ0v) is 11.9. The minimum atomic E-state index is -0.140. The maximum Gasteiger partial charge on any atom is 0.263 e. The SMILES string of the molecule is O=C1NC(=S)S/C1=C/C(Br)=C/c1ccccc1. The fourth-order valence-corrected chi connectivity index (χ4v) is 2.98. The molecule has 0 atom stereocenters. The number of thiocarbonyl (C=S) groups is 1. The van der Waals surface area contributed by atoms with Crippen molar-refractivity contribution in [3.8, 4) is 0 Å². The maximum absolute atomic E-state index is 11.4. The van der Waals surface area contributed by atoms with E-state index in [0.29, 0.717) is 9.23 Å². The van der Waals surface area contributed by atoms with Gasteiger partial charge < -0.3 is 5.32 Å². The van der Waals surface area contributed by atoms with Gasteiger partial charge in [-0.25, -0.2) is 0 Å². The van der Waals surface area contributed by atoms with Crippen LogP contribution in [0.5, 0.6) is 0 Å². The molecular formula is C12H8BrNOS2. The lowest BCUT2D eigenvalue weighted by Gasteiger charge is -1.94. The van der Waals surface area contributed by atoms with E-state index in [9.17, 15) is 4.79 Å². The number of carbonyl (C=O) groups is 1. The highest BCUT2D eigenvalue weighted by molar-refractivity contribution is 9.12. The molecule has 1 aromatic rings. The van der Waals surface area contributed by atoms with Crippen molar-refractivity contribution < 1.29 is 4.79 Å². The summed E-state index contributed by atoms with van der Waals surface area (Å²) in [6.07, 6.45) is 3.72. The first-order chi connectivity index (χ1) is 8.15. The number of thioether (sulfide) groups is 1. The average Bonchev–Trinajstić information content (AvgIpc) is 2.58. The van der Waals surface area contributed by atoms with Gasteiger partial charge in [-0.15, -0.1) is 0 Å². The summed E-state index contributed by atoms with van der Waals surface area (Å²) in [5, 5.41) is 2.58. The molecule has 0 aliphatic carbocycles. The van der Waals surface area contributed by atoms with Gasteiger partial charge in [-0.1, -0.05) is 70.2 Å². The number of rotatable bonds is 2. The third-order valence-corrected chi connectivity index (χ3v) is 3.64. The Morgan fingerprint density at radius 1 is 1.35 bits per heavy atom. The molecule has 1 fully saturated rings. The smallest absolute Gasteiger partial charge is 0.263 e. The van der Waals surface area contributed by atoms with Crippen LogP contribution in [0.15, 0.2) is 45.8 Å². The predicted octanol–water partition coefficient (Wildman–Crippen LogP) is 3.45. The minimum absolute atomic E-state index is 0.140. The number of hydrogen-bond donors (Lipinski definition) is 1. The van der Waals surface area contributed by atoms with Crippen LogP contribution < -0.4 is 5.32 Å². The van der Waals surface area contributed by atoms with Crippen molar-refractivity contribution in [3.05, 3.63) is 51.4 Å². The molecule has 0 spiro atoms. The Labute approximate surface area is 117 Å². The Morgan fingerprint density at radius 3 is 2.65 bits per heavy atom. The molecule has 2 nitrogen and oxygen atoms in total. The molecule has 86 valence electrons. The minimum Gasteiger partial charge on any atom is -0.307 e. The van der Waals surface area contributed by atoms with E-state index in [0.717, 1.165) is 10.0 Å². The highest BCUT2D eigenvalue weighted by Crippen LogP contribution is 2.26. The maximum atomic E-state index is 11.4. The van der Waals surface area contributed by atoms with Gasteiger partial charge in [0.2, 0.25) is 0 Å². The van der Waals surface area contributed by atoms with E-state index in [1.54, 1.807) is 6.08 Å². The van der Waals surface area contributed by atoms with Crippen LogP contribution in [0.2, 0.25) is 0 Å². The lowest BCUT2D eigenvalue weighted by atomic mass is 10.2. The summed E-state index contributed by atoms with van der Waals surface area (Å²) < 4.78 is 1.34. The number of benzene rings is 1. The van der Waals surface area contributed by atoms with Gasteiger partial charge in [0.15, 0.2) is 0 Å².